The molecular formula is C25H29N7. The normalized spacial score (nSPS) is 13.2. The van der Waals surface area contributed by atoms with E-state index in [0.717, 1.165) is 60.6 Å². The van der Waals surface area contributed by atoms with Crippen molar-refractivity contribution in [2.45, 2.75) is 39.7 Å². The van der Waals surface area contributed by atoms with E-state index < -0.39 is 0 Å². The van der Waals surface area contributed by atoms with Crippen molar-refractivity contribution in [3.8, 4) is 0 Å². The van der Waals surface area contributed by atoms with E-state index in [2.05, 4.69) is 71.2 Å². The lowest BCUT2D eigenvalue weighted by Crippen LogP contribution is -2.23. The highest BCUT2D eigenvalue weighted by atomic mass is 15.3. The molecule has 2 aromatic carbocycles. The summed E-state index contributed by atoms with van der Waals surface area (Å²) in [6.45, 7) is 6.29. The van der Waals surface area contributed by atoms with Crippen molar-refractivity contribution >= 4 is 34.2 Å². The van der Waals surface area contributed by atoms with Gasteiger partial charge in [0.2, 0.25) is 5.95 Å². The number of benzene rings is 2. The van der Waals surface area contributed by atoms with Crippen LogP contribution in [-0.2, 0) is 32.9 Å². The number of aromatic nitrogens is 4. The van der Waals surface area contributed by atoms with Gasteiger partial charge < -0.3 is 16.0 Å². The Hall–Kier alpha value is -3.45. The molecule has 0 fully saturated rings. The van der Waals surface area contributed by atoms with Crippen LogP contribution in [0, 0.1) is 0 Å². The minimum atomic E-state index is 0.568. The molecule has 3 N–H and O–H groups in total. The summed E-state index contributed by atoms with van der Waals surface area (Å²) >= 11 is 0. The molecule has 7 heteroatoms. The SMILES string of the molecule is CCc1cccc(CC)c1Nc1nn(C)c2nc(Nc3ccc4c(c3)CNCC4)ncc12. The van der Waals surface area contributed by atoms with E-state index in [-0.39, 0.29) is 0 Å². The van der Waals surface area contributed by atoms with Crippen LogP contribution in [0.4, 0.5) is 23.1 Å². The molecule has 0 saturated carbocycles. The van der Waals surface area contributed by atoms with Gasteiger partial charge in [-0.3, -0.25) is 0 Å². The molecule has 0 aliphatic carbocycles. The highest BCUT2D eigenvalue weighted by molar-refractivity contribution is 5.90. The predicted octanol–water partition coefficient (Wildman–Crippen LogP) is 4.62. The van der Waals surface area contributed by atoms with E-state index in [0.29, 0.717) is 5.95 Å². The summed E-state index contributed by atoms with van der Waals surface area (Å²) in [4.78, 5) is 9.34. The standard InChI is InChI=1S/C25H29N7/c1-4-16-7-6-8-17(5-2)22(16)29-23-21-15-27-25(30-24(21)32(3)31-23)28-20-10-9-18-11-12-26-14-19(18)13-20/h6-10,13,15,26H,4-5,11-12,14H2,1-3H3,(H,29,31)(H,27,28,30). The summed E-state index contributed by atoms with van der Waals surface area (Å²) in [6.07, 6.45) is 4.84. The number of fused-ring (bicyclic) bond motifs is 2. The van der Waals surface area contributed by atoms with Crippen molar-refractivity contribution in [3.63, 3.8) is 0 Å². The first-order chi connectivity index (χ1) is 15.7. The van der Waals surface area contributed by atoms with Gasteiger partial charge in [-0.15, -0.1) is 0 Å². The molecule has 1 aliphatic rings. The van der Waals surface area contributed by atoms with Crippen LogP contribution >= 0.6 is 0 Å². The van der Waals surface area contributed by atoms with Crippen LogP contribution < -0.4 is 16.0 Å². The molecule has 0 amide bonds. The molecule has 5 rings (SSSR count). The molecule has 164 valence electrons. The summed E-state index contributed by atoms with van der Waals surface area (Å²) in [5.41, 5.74) is 8.23. The fraction of sp³-hybridized carbons (Fsp3) is 0.320. The molecule has 0 spiro atoms. The number of nitrogens with zero attached hydrogens (tertiary/aromatic N) is 4. The Labute approximate surface area is 188 Å². The summed E-state index contributed by atoms with van der Waals surface area (Å²) in [6, 6.07) is 12.9. The Bertz CT molecular complexity index is 1250. The minimum Gasteiger partial charge on any atom is -0.338 e. The Morgan fingerprint density at radius 1 is 1.03 bits per heavy atom. The first-order valence-corrected chi connectivity index (χ1v) is 11.3. The Morgan fingerprint density at radius 3 is 2.62 bits per heavy atom. The summed E-state index contributed by atoms with van der Waals surface area (Å²) in [5.74, 6) is 1.35. The maximum Gasteiger partial charge on any atom is 0.229 e. The molecule has 3 heterocycles. The number of hydrogen-bond donors (Lipinski definition) is 3. The molecule has 1 aliphatic heterocycles. The molecule has 0 atom stereocenters. The number of para-hydroxylation sites is 1. The fourth-order valence-corrected chi connectivity index (χ4v) is 4.40. The zero-order valence-corrected chi connectivity index (χ0v) is 18.9. The van der Waals surface area contributed by atoms with E-state index >= 15 is 0 Å². The second-order valence-electron chi connectivity index (χ2n) is 8.22. The molecule has 0 saturated heterocycles. The van der Waals surface area contributed by atoms with Crippen LogP contribution in [0.5, 0.6) is 0 Å². The minimum absolute atomic E-state index is 0.568. The van der Waals surface area contributed by atoms with E-state index in [1.165, 1.54) is 22.3 Å². The van der Waals surface area contributed by atoms with E-state index in [1.807, 2.05) is 17.9 Å². The summed E-state index contributed by atoms with van der Waals surface area (Å²) in [7, 11) is 1.92. The van der Waals surface area contributed by atoms with Crippen molar-refractivity contribution in [2.75, 3.05) is 17.2 Å². The monoisotopic (exact) mass is 427 g/mol. The molecule has 0 bridgehead atoms. The van der Waals surface area contributed by atoms with Crippen molar-refractivity contribution in [1.29, 1.82) is 0 Å². The van der Waals surface area contributed by atoms with Gasteiger partial charge in [0.25, 0.3) is 0 Å². The zero-order valence-electron chi connectivity index (χ0n) is 18.9. The van der Waals surface area contributed by atoms with Crippen LogP contribution in [0.25, 0.3) is 11.0 Å². The third-order valence-electron chi connectivity index (χ3n) is 6.17. The molecule has 4 aromatic rings. The first kappa shape index (κ1) is 20.5. The molecule has 7 nitrogen and oxygen atoms in total. The third-order valence-corrected chi connectivity index (χ3v) is 6.17. The van der Waals surface area contributed by atoms with Crippen LogP contribution in [0.3, 0.4) is 0 Å². The lowest BCUT2D eigenvalue weighted by molar-refractivity contribution is 0.644. The van der Waals surface area contributed by atoms with Gasteiger partial charge in [-0.1, -0.05) is 38.1 Å². The Balaban J connectivity index is 1.45. The second kappa shape index (κ2) is 8.59. The largest absolute Gasteiger partial charge is 0.338 e. The molecule has 32 heavy (non-hydrogen) atoms. The summed E-state index contributed by atoms with van der Waals surface area (Å²) < 4.78 is 1.81. The predicted molar refractivity (Wildman–Crippen MR) is 130 cm³/mol. The molecular weight excluding hydrogens is 398 g/mol. The fourth-order valence-electron chi connectivity index (χ4n) is 4.40. The highest BCUT2D eigenvalue weighted by Crippen LogP contribution is 2.30. The smallest absolute Gasteiger partial charge is 0.229 e. The van der Waals surface area contributed by atoms with Crippen LogP contribution in [-0.4, -0.2) is 26.3 Å². The topological polar surface area (TPSA) is 79.7 Å². The molecule has 0 radical (unpaired) electrons. The molecule has 2 aromatic heterocycles. The van der Waals surface area contributed by atoms with Gasteiger partial charge in [-0.2, -0.15) is 10.1 Å². The van der Waals surface area contributed by atoms with Crippen LogP contribution in [0.1, 0.15) is 36.1 Å². The number of hydrogen-bond acceptors (Lipinski definition) is 6. The van der Waals surface area contributed by atoms with Crippen LogP contribution in [0.15, 0.2) is 42.6 Å². The van der Waals surface area contributed by atoms with Crippen molar-refractivity contribution in [3.05, 3.63) is 64.8 Å². The van der Waals surface area contributed by atoms with Gasteiger partial charge in [0.05, 0.1) is 5.39 Å². The van der Waals surface area contributed by atoms with Crippen molar-refractivity contribution < 1.29 is 0 Å². The van der Waals surface area contributed by atoms with Gasteiger partial charge in [-0.25, -0.2) is 9.67 Å². The lowest BCUT2D eigenvalue weighted by atomic mass is 10.0. The first-order valence-electron chi connectivity index (χ1n) is 11.3. The summed E-state index contributed by atoms with van der Waals surface area (Å²) in [5, 5.41) is 16.0. The van der Waals surface area contributed by atoms with Gasteiger partial charge >= 0.3 is 0 Å². The Kier molecular flexibility index (Phi) is 5.49. The van der Waals surface area contributed by atoms with E-state index in [1.54, 1.807) is 0 Å². The Morgan fingerprint density at radius 2 is 1.84 bits per heavy atom. The zero-order chi connectivity index (χ0) is 22.1. The second-order valence-corrected chi connectivity index (χ2v) is 8.22. The number of rotatable bonds is 6. The number of anilines is 4. The highest BCUT2D eigenvalue weighted by Gasteiger charge is 2.15. The average Bonchev–Trinajstić information content (AvgIpc) is 3.13. The lowest BCUT2D eigenvalue weighted by Gasteiger charge is -2.18. The van der Waals surface area contributed by atoms with Gasteiger partial charge in [0, 0.05) is 31.2 Å². The van der Waals surface area contributed by atoms with Crippen LogP contribution in [0.2, 0.25) is 0 Å². The maximum atomic E-state index is 4.75. The van der Waals surface area contributed by atoms with E-state index in [4.69, 9.17) is 10.1 Å². The van der Waals surface area contributed by atoms with Gasteiger partial charge in [0.15, 0.2) is 11.5 Å². The van der Waals surface area contributed by atoms with Crippen molar-refractivity contribution in [2.24, 2.45) is 7.05 Å². The van der Waals surface area contributed by atoms with Gasteiger partial charge in [0.1, 0.15) is 0 Å². The quantitative estimate of drug-likeness (QED) is 0.417. The number of nitrogens with one attached hydrogen (secondary N) is 3. The van der Waals surface area contributed by atoms with E-state index in [9.17, 15) is 0 Å². The maximum absolute atomic E-state index is 4.75. The van der Waals surface area contributed by atoms with Crippen molar-refractivity contribution in [1.82, 2.24) is 25.1 Å². The number of aryl methyl sites for hydroxylation is 3. The molecule has 0 unspecified atom stereocenters. The van der Waals surface area contributed by atoms with Gasteiger partial charge in [-0.05, 0) is 60.2 Å². The average molecular weight is 428 g/mol. The third kappa shape index (κ3) is 3.80.